The van der Waals surface area contributed by atoms with Crippen LogP contribution in [0.3, 0.4) is 0 Å². The van der Waals surface area contributed by atoms with Crippen molar-refractivity contribution in [1.29, 1.82) is 0 Å². The minimum atomic E-state index is -1.00. The monoisotopic (exact) mass is 267 g/mol. The predicted octanol–water partition coefficient (Wildman–Crippen LogP) is 2.92. The second kappa shape index (κ2) is 6.96. The standard InChI is InChI=1S/C13H17NO3S/c1-3-4-5-6-9(2)14-12(15)10-7-8-11(18-10)13(16)17/h3,7-9H,1,4-6H2,2H3,(H,14,15)(H,16,17). The Labute approximate surface area is 110 Å². The summed E-state index contributed by atoms with van der Waals surface area (Å²) in [5.74, 6) is -1.21. The smallest absolute Gasteiger partial charge is 0.345 e. The van der Waals surface area contributed by atoms with Crippen LogP contribution in [-0.2, 0) is 0 Å². The van der Waals surface area contributed by atoms with E-state index in [0.717, 1.165) is 30.6 Å². The summed E-state index contributed by atoms with van der Waals surface area (Å²) in [5.41, 5.74) is 0. The van der Waals surface area contributed by atoms with Crippen LogP contribution >= 0.6 is 11.3 Å². The molecule has 1 heterocycles. The molecule has 1 unspecified atom stereocenters. The molecule has 1 amide bonds. The molecule has 0 aliphatic rings. The summed E-state index contributed by atoms with van der Waals surface area (Å²) in [6.07, 6.45) is 4.65. The van der Waals surface area contributed by atoms with Crippen molar-refractivity contribution in [2.45, 2.75) is 32.2 Å². The fourth-order valence-electron chi connectivity index (χ4n) is 1.51. The molecule has 0 radical (unpaired) electrons. The lowest BCUT2D eigenvalue weighted by atomic mass is 10.1. The fraction of sp³-hybridized carbons (Fsp3) is 0.385. The van der Waals surface area contributed by atoms with Gasteiger partial charge in [0.2, 0.25) is 0 Å². The fourth-order valence-corrected chi connectivity index (χ4v) is 2.26. The molecule has 0 aromatic carbocycles. The number of carbonyl (C=O) groups excluding carboxylic acids is 1. The number of hydrogen-bond donors (Lipinski definition) is 2. The van der Waals surface area contributed by atoms with E-state index in [1.807, 2.05) is 13.0 Å². The third-order valence-electron chi connectivity index (χ3n) is 2.46. The van der Waals surface area contributed by atoms with Gasteiger partial charge in [0.15, 0.2) is 0 Å². The molecule has 1 aromatic rings. The third-order valence-corrected chi connectivity index (χ3v) is 3.54. The Morgan fingerprint density at radius 3 is 2.72 bits per heavy atom. The van der Waals surface area contributed by atoms with E-state index in [2.05, 4.69) is 11.9 Å². The highest BCUT2D eigenvalue weighted by Crippen LogP contribution is 2.16. The molecule has 98 valence electrons. The normalized spacial score (nSPS) is 11.8. The number of unbranched alkanes of at least 4 members (excludes halogenated alkanes) is 1. The SMILES string of the molecule is C=CCCCC(C)NC(=O)c1ccc(C(=O)O)s1. The predicted molar refractivity (Wildman–Crippen MR) is 72.3 cm³/mol. The lowest BCUT2D eigenvalue weighted by molar-refractivity contribution is 0.0702. The van der Waals surface area contributed by atoms with E-state index >= 15 is 0 Å². The van der Waals surface area contributed by atoms with E-state index in [4.69, 9.17) is 5.11 Å². The number of carbonyl (C=O) groups is 2. The molecular formula is C13H17NO3S. The summed E-state index contributed by atoms with van der Waals surface area (Å²) in [6, 6.07) is 3.07. The van der Waals surface area contributed by atoms with Crippen LogP contribution in [0.1, 0.15) is 45.5 Å². The highest BCUT2D eigenvalue weighted by atomic mass is 32.1. The van der Waals surface area contributed by atoms with Gasteiger partial charge in [-0.25, -0.2) is 4.79 Å². The van der Waals surface area contributed by atoms with Gasteiger partial charge in [0.25, 0.3) is 5.91 Å². The summed E-state index contributed by atoms with van der Waals surface area (Å²) in [4.78, 5) is 23.1. The molecule has 1 atom stereocenters. The van der Waals surface area contributed by atoms with Gasteiger partial charge in [-0.05, 0) is 38.3 Å². The molecule has 0 aliphatic carbocycles. The lowest BCUT2D eigenvalue weighted by Gasteiger charge is -2.12. The Balaban J connectivity index is 2.48. The van der Waals surface area contributed by atoms with Crippen LogP contribution in [0, 0.1) is 0 Å². The van der Waals surface area contributed by atoms with Gasteiger partial charge in [-0.15, -0.1) is 17.9 Å². The largest absolute Gasteiger partial charge is 0.477 e. The maximum absolute atomic E-state index is 11.8. The number of carboxylic acid groups (broad SMARTS) is 1. The van der Waals surface area contributed by atoms with E-state index in [-0.39, 0.29) is 16.8 Å². The number of amides is 1. The van der Waals surface area contributed by atoms with Crippen LogP contribution in [0.4, 0.5) is 0 Å². The Morgan fingerprint density at radius 1 is 1.50 bits per heavy atom. The third kappa shape index (κ3) is 4.33. The van der Waals surface area contributed by atoms with Crippen LogP contribution in [0.15, 0.2) is 24.8 Å². The molecule has 1 aromatic heterocycles. The van der Waals surface area contributed by atoms with Crippen LogP contribution in [-0.4, -0.2) is 23.0 Å². The lowest BCUT2D eigenvalue weighted by Crippen LogP contribution is -2.31. The summed E-state index contributed by atoms with van der Waals surface area (Å²) in [5, 5.41) is 11.6. The zero-order chi connectivity index (χ0) is 13.5. The quantitative estimate of drug-likeness (QED) is 0.589. The van der Waals surface area contributed by atoms with Crippen molar-refractivity contribution in [2.24, 2.45) is 0 Å². The van der Waals surface area contributed by atoms with Crippen molar-refractivity contribution < 1.29 is 14.7 Å². The van der Waals surface area contributed by atoms with E-state index in [9.17, 15) is 9.59 Å². The van der Waals surface area contributed by atoms with Crippen molar-refractivity contribution in [3.63, 3.8) is 0 Å². The Hall–Kier alpha value is -1.62. The van der Waals surface area contributed by atoms with Crippen LogP contribution in [0.25, 0.3) is 0 Å². The molecule has 0 saturated heterocycles. The minimum absolute atomic E-state index is 0.0767. The number of allylic oxidation sites excluding steroid dienone is 1. The Morgan fingerprint density at radius 2 is 2.17 bits per heavy atom. The molecule has 0 spiro atoms. The van der Waals surface area contributed by atoms with Crippen LogP contribution < -0.4 is 5.32 Å². The second-order valence-electron chi connectivity index (χ2n) is 4.06. The number of nitrogens with one attached hydrogen (secondary N) is 1. The molecule has 18 heavy (non-hydrogen) atoms. The summed E-state index contributed by atoms with van der Waals surface area (Å²) >= 11 is 0.992. The number of aromatic carboxylic acids is 1. The molecule has 0 aliphatic heterocycles. The maximum Gasteiger partial charge on any atom is 0.345 e. The first-order valence-electron chi connectivity index (χ1n) is 5.79. The van der Waals surface area contributed by atoms with Crippen LogP contribution in [0.2, 0.25) is 0 Å². The molecule has 0 fully saturated rings. The molecular weight excluding hydrogens is 250 g/mol. The van der Waals surface area contributed by atoms with E-state index in [0.29, 0.717) is 4.88 Å². The van der Waals surface area contributed by atoms with Gasteiger partial charge >= 0.3 is 5.97 Å². The average molecular weight is 267 g/mol. The zero-order valence-corrected chi connectivity index (χ0v) is 11.1. The zero-order valence-electron chi connectivity index (χ0n) is 10.3. The summed E-state index contributed by atoms with van der Waals surface area (Å²) in [7, 11) is 0. The van der Waals surface area contributed by atoms with Crippen molar-refractivity contribution >= 4 is 23.2 Å². The Bertz CT molecular complexity index is 439. The van der Waals surface area contributed by atoms with Gasteiger partial charge in [0.05, 0.1) is 4.88 Å². The number of carboxylic acids is 1. The number of hydrogen-bond acceptors (Lipinski definition) is 3. The van der Waals surface area contributed by atoms with Gasteiger partial charge in [0, 0.05) is 6.04 Å². The van der Waals surface area contributed by atoms with Crippen molar-refractivity contribution in [3.05, 3.63) is 34.5 Å². The van der Waals surface area contributed by atoms with E-state index in [1.165, 1.54) is 6.07 Å². The summed E-state index contributed by atoms with van der Waals surface area (Å²) in [6.45, 7) is 5.58. The molecule has 4 nitrogen and oxygen atoms in total. The van der Waals surface area contributed by atoms with Gasteiger partial charge in [0.1, 0.15) is 4.88 Å². The van der Waals surface area contributed by atoms with Crippen LogP contribution in [0.5, 0.6) is 0 Å². The van der Waals surface area contributed by atoms with Crippen molar-refractivity contribution in [3.8, 4) is 0 Å². The number of thiophene rings is 1. The topological polar surface area (TPSA) is 66.4 Å². The minimum Gasteiger partial charge on any atom is -0.477 e. The maximum atomic E-state index is 11.8. The number of rotatable bonds is 7. The highest BCUT2D eigenvalue weighted by molar-refractivity contribution is 7.15. The highest BCUT2D eigenvalue weighted by Gasteiger charge is 2.14. The summed E-state index contributed by atoms with van der Waals surface area (Å²) < 4.78 is 0. The molecule has 0 bridgehead atoms. The Kier molecular flexibility index (Phi) is 5.58. The first-order valence-corrected chi connectivity index (χ1v) is 6.61. The van der Waals surface area contributed by atoms with Crippen molar-refractivity contribution in [1.82, 2.24) is 5.32 Å². The molecule has 5 heteroatoms. The second-order valence-corrected chi connectivity index (χ2v) is 5.15. The first kappa shape index (κ1) is 14.4. The average Bonchev–Trinajstić information content (AvgIpc) is 2.78. The van der Waals surface area contributed by atoms with Gasteiger partial charge < -0.3 is 10.4 Å². The first-order chi connectivity index (χ1) is 8.54. The van der Waals surface area contributed by atoms with Gasteiger partial charge in [-0.3, -0.25) is 4.79 Å². The molecule has 1 rings (SSSR count). The van der Waals surface area contributed by atoms with Crippen molar-refractivity contribution in [2.75, 3.05) is 0 Å². The van der Waals surface area contributed by atoms with Gasteiger partial charge in [-0.1, -0.05) is 6.08 Å². The molecule has 0 saturated carbocycles. The van der Waals surface area contributed by atoms with E-state index in [1.54, 1.807) is 6.07 Å². The van der Waals surface area contributed by atoms with Gasteiger partial charge in [-0.2, -0.15) is 0 Å². The molecule has 2 N–H and O–H groups in total. The van der Waals surface area contributed by atoms with E-state index < -0.39 is 5.97 Å².